The molecule has 1 heterocycles. The molecule has 5 nitrogen and oxygen atoms in total. The molecule has 0 bridgehead atoms. The Labute approximate surface area is 137 Å². The van der Waals surface area contributed by atoms with Crippen molar-refractivity contribution in [2.45, 2.75) is 52.5 Å². The summed E-state index contributed by atoms with van der Waals surface area (Å²) in [6, 6.07) is 0.643. The van der Waals surface area contributed by atoms with E-state index in [4.69, 9.17) is 0 Å². The monoisotopic (exact) mass is 312 g/mol. The van der Waals surface area contributed by atoms with Gasteiger partial charge in [-0.1, -0.05) is 13.8 Å². The minimum absolute atomic E-state index is 0.226. The molecule has 2 amide bonds. The molecule has 1 atom stereocenters. The number of likely N-dealkylation sites (N-methyl/N-ethyl adjacent to an activating group) is 2. The van der Waals surface area contributed by atoms with Crippen LogP contribution in [0.5, 0.6) is 0 Å². The Morgan fingerprint density at radius 3 is 2.36 bits per heavy atom. The summed E-state index contributed by atoms with van der Waals surface area (Å²) in [5.74, 6) is 0.622. The van der Waals surface area contributed by atoms with Crippen LogP contribution in [0.1, 0.15) is 46.5 Å². The van der Waals surface area contributed by atoms with Crippen LogP contribution in [0.25, 0.3) is 0 Å². The van der Waals surface area contributed by atoms with Crippen molar-refractivity contribution in [3.63, 3.8) is 0 Å². The first-order valence-corrected chi connectivity index (χ1v) is 8.84. The Morgan fingerprint density at radius 2 is 1.82 bits per heavy atom. The van der Waals surface area contributed by atoms with Gasteiger partial charge in [-0.2, -0.15) is 0 Å². The highest BCUT2D eigenvalue weighted by atomic mass is 16.2. The van der Waals surface area contributed by atoms with E-state index < -0.39 is 0 Å². The van der Waals surface area contributed by atoms with E-state index in [1.165, 1.54) is 6.42 Å². The Kier molecular flexibility index (Phi) is 8.79. The molecular weight excluding hydrogens is 276 g/mol. The lowest BCUT2D eigenvalue weighted by Gasteiger charge is -2.37. The van der Waals surface area contributed by atoms with Crippen molar-refractivity contribution in [2.75, 3.05) is 46.9 Å². The summed E-state index contributed by atoms with van der Waals surface area (Å²) in [6.07, 6.45) is 4.62. The van der Waals surface area contributed by atoms with Crippen LogP contribution in [-0.2, 0) is 0 Å². The molecule has 5 heteroatoms. The number of hydrogen-bond acceptors (Lipinski definition) is 3. The second-order valence-electron chi connectivity index (χ2n) is 7.08. The van der Waals surface area contributed by atoms with Crippen molar-refractivity contribution in [1.29, 1.82) is 0 Å². The van der Waals surface area contributed by atoms with Crippen LogP contribution in [-0.4, -0.2) is 73.7 Å². The molecule has 0 aromatic carbocycles. The van der Waals surface area contributed by atoms with E-state index in [0.29, 0.717) is 18.6 Å². The third-order valence-corrected chi connectivity index (χ3v) is 4.52. The van der Waals surface area contributed by atoms with Crippen LogP contribution in [0.4, 0.5) is 4.79 Å². The Morgan fingerprint density at radius 1 is 1.18 bits per heavy atom. The minimum atomic E-state index is 0.226. The number of piperidine rings is 1. The van der Waals surface area contributed by atoms with E-state index in [9.17, 15) is 4.79 Å². The second-order valence-corrected chi connectivity index (χ2v) is 7.08. The molecule has 0 aromatic heterocycles. The predicted molar refractivity (Wildman–Crippen MR) is 93.0 cm³/mol. The smallest absolute Gasteiger partial charge is 0.321 e. The van der Waals surface area contributed by atoms with Crippen molar-refractivity contribution >= 4 is 6.03 Å². The number of nitrogens with zero attached hydrogens (tertiary/aromatic N) is 3. The van der Waals surface area contributed by atoms with Crippen molar-refractivity contribution in [3.05, 3.63) is 0 Å². The van der Waals surface area contributed by atoms with Crippen molar-refractivity contribution in [1.82, 2.24) is 20.0 Å². The predicted octanol–water partition coefficient (Wildman–Crippen LogP) is 2.44. The summed E-state index contributed by atoms with van der Waals surface area (Å²) in [5, 5.41) is 3.21. The van der Waals surface area contributed by atoms with Crippen molar-refractivity contribution in [2.24, 2.45) is 5.92 Å². The largest absolute Gasteiger partial charge is 0.325 e. The molecule has 1 rings (SSSR count). The standard InChI is InChI=1S/C17H36N4O/c1-15(2)9-12-21(14-19(5)16(3)13-18-4)17(22)20-10-7-6-8-11-20/h15-16,18H,6-14H2,1-5H3. The lowest BCUT2D eigenvalue weighted by molar-refractivity contribution is 0.0992. The lowest BCUT2D eigenvalue weighted by atomic mass is 10.1. The summed E-state index contributed by atoms with van der Waals surface area (Å²) in [7, 11) is 4.08. The van der Waals surface area contributed by atoms with Gasteiger partial charge in [0, 0.05) is 32.2 Å². The molecule has 0 saturated carbocycles. The van der Waals surface area contributed by atoms with Gasteiger partial charge < -0.3 is 15.1 Å². The van der Waals surface area contributed by atoms with E-state index >= 15 is 0 Å². The van der Waals surface area contributed by atoms with Gasteiger partial charge in [-0.25, -0.2) is 4.79 Å². The Hall–Kier alpha value is -0.810. The normalized spacial score (nSPS) is 17.1. The summed E-state index contributed by atoms with van der Waals surface area (Å²) in [6.45, 7) is 11.0. The van der Waals surface area contributed by atoms with Crippen LogP contribution in [0, 0.1) is 5.92 Å². The number of urea groups is 1. The summed E-state index contributed by atoms with van der Waals surface area (Å²) in [5.41, 5.74) is 0. The highest BCUT2D eigenvalue weighted by Gasteiger charge is 2.24. The highest BCUT2D eigenvalue weighted by Crippen LogP contribution is 2.13. The zero-order valence-corrected chi connectivity index (χ0v) is 15.3. The Balaban J connectivity index is 2.63. The first kappa shape index (κ1) is 19.2. The maximum atomic E-state index is 12.8. The topological polar surface area (TPSA) is 38.8 Å². The summed E-state index contributed by atoms with van der Waals surface area (Å²) in [4.78, 5) is 19.2. The van der Waals surface area contributed by atoms with Crippen LogP contribution in [0.2, 0.25) is 0 Å². The quantitative estimate of drug-likeness (QED) is 0.700. The molecule has 22 heavy (non-hydrogen) atoms. The fraction of sp³-hybridized carbons (Fsp3) is 0.941. The van der Waals surface area contributed by atoms with E-state index in [2.05, 4.69) is 38.0 Å². The third kappa shape index (κ3) is 6.53. The third-order valence-electron chi connectivity index (χ3n) is 4.52. The minimum Gasteiger partial charge on any atom is -0.325 e. The first-order valence-electron chi connectivity index (χ1n) is 8.84. The average Bonchev–Trinajstić information content (AvgIpc) is 2.51. The number of carbonyl (C=O) groups is 1. The summed E-state index contributed by atoms with van der Waals surface area (Å²) >= 11 is 0. The number of hydrogen-bond donors (Lipinski definition) is 1. The maximum Gasteiger partial charge on any atom is 0.321 e. The molecule has 1 aliphatic rings. The highest BCUT2D eigenvalue weighted by molar-refractivity contribution is 5.74. The molecule has 1 unspecified atom stereocenters. The van der Waals surface area contributed by atoms with E-state index in [0.717, 1.165) is 45.4 Å². The van der Waals surface area contributed by atoms with Gasteiger partial charge in [0.1, 0.15) is 0 Å². The second kappa shape index (κ2) is 10.1. The fourth-order valence-corrected chi connectivity index (χ4v) is 2.79. The molecule has 0 radical (unpaired) electrons. The summed E-state index contributed by atoms with van der Waals surface area (Å²) < 4.78 is 0. The van der Waals surface area contributed by atoms with E-state index in [1.807, 2.05) is 16.8 Å². The zero-order valence-electron chi connectivity index (χ0n) is 15.3. The molecule has 1 saturated heterocycles. The lowest BCUT2D eigenvalue weighted by Crippen LogP contribution is -2.51. The molecule has 0 spiro atoms. The SMILES string of the molecule is CNCC(C)N(C)CN(CCC(C)C)C(=O)N1CCCCC1. The number of likely N-dealkylation sites (tertiary alicyclic amines) is 1. The Bertz CT molecular complexity index is 316. The molecule has 130 valence electrons. The van der Waals surface area contributed by atoms with Gasteiger partial charge in [0.15, 0.2) is 0 Å². The van der Waals surface area contributed by atoms with Crippen LogP contribution in [0.3, 0.4) is 0 Å². The van der Waals surface area contributed by atoms with Gasteiger partial charge >= 0.3 is 6.03 Å². The van der Waals surface area contributed by atoms with Crippen molar-refractivity contribution < 1.29 is 4.79 Å². The number of carbonyl (C=O) groups excluding carboxylic acids is 1. The maximum absolute atomic E-state index is 12.8. The molecule has 0 aromatic rings. The molecule has 1 N–H and O–H groups in total. The van der Waals surface area contributed by atoms with Crippen LogP contribution >= 0.6 is 0 Å². The zero-order chi connectivity index (χ0) is 16.5. The molecule has 1 fully saturated rings. The molecule has 0 aliphatic carbocycles. The average molecular weight is 313 g/mol. The molecule has 1 aliphatic heterocycles. The van der Waals surface area contributed by atoms with Crippen LogP contribution in [0.15, 0.2) is 0 Å². The van der Waals surface area contributed by atoms with Gasteiger partial charge in [-0.15, -0.1) is 0 Å². The first-order chi connectivity index (χ1) is 10.5. The van der Waals surface area contributed by atoms with Gasteiger partial charge in [0.05, 0.1) is 6.67 Å². The number of amides is 2. The van der Waals surface area contributed by atoms with Crippen molar-refractivity contribution in [3.8, 4) is 0 Å². The van der Waals surface area contributed by atoms with Gasteiger partial charge in [0.25, 0.3) is 0 Å². The van der Waals surface area contributed by atoms with E-state index in [-0.39, 0.29) is 6.03 Å². The van der Waals surface area contributed by atoms with Gasteiger partial charge in [-0.3, -0.25) is 4.90 Å². The van der Waals surface area contributed by atoms with E-state index in [1.54, 1.807) is 0 Å². The van der Waals surface area contributed by atoms with Gasteiger partial charge in [-0.05, 0) is 52.6 Å². The molecular formula is C17H36N4O. The van der Waals surface area contributed by atoms with Gasteiger partial charge in [0.2, 0.25) is 0 Å². The number of nitrogens with one attached hydrogen (secondary N) is 1. The van der Waals surface area contributed by atoms with Crippen LogP contribution < -0.4 is 5.32 Å². The fourth-order valence-electron chi connectivity index (χ4n) is 2.79. The number of rotatable bonds is 8.